The molecule has 0 atom stereocenters. The summed E-state index contributed by atoms with van der Waals surface area (Å²) in [5.74, 6) is -0.0221. The lowest BCUT2D eigenvalue weighted by atomic mass is 10.2. The van der Waals surface area contributed by atoms with Gasteiger partial charge in [0.2, 0.25) is 5.91 Å². The van der Waals surface area contributed by atoms with Gasteiger partial charge in [-0.2, -0.15) is 5.26 Å². The third-order valence-corrected chi connectivity index (χ3v) is 4.14. The van der Waals surface area contributed by atoms with E-state index in [4.69, 9.17) is 5.26 Å². The predicted octanol–water partition coefficient (Wildman–Crippen LogP) is 2.10. The normalized spacial score (nSPS) is 10.7. The molecule has 0 fully saturated rings. The van der Waals surface area contributed by atoms with Crippen LogP contribution in [0.2, 0.25) is 0 Å². The average molecular weight is 330 g/mol. The lowest BCUT2D eigenvalue weighted by molar-refractivity contribution is -0.118. The van der Waals surface area contributed by atoms with Gasteiger partial charge in [0.25, 0.3) is 5.56 Å². The molecule has 0 saturated carbocycles. The third kappa shape index (κ3) is 4.11. The second kappa shape index (κ2) is 7.79. The summed E-state index contributed by atoms with van der Waals surface area (Å²) in [5.41, 5.74) is 0.528. The van der Waals surface area contributed by atoms with Gasteiger partial charge < -0.3 is 5.32 Å². The van der Waals surface area contributed by atoms with Crippen molar-refractivity contribution in [2.45, 2.75) is 31.5 Å². The number of amides is 1. The van der Waals surface area contributed by atoms with Gasteiger partial charge in [-0.05, 0) is 26.0 Å². The molecular formula is C16H18N4O2S. The van der Waals surface area contributed by atoms with Crippen LogP contribution in [0.3, 0.4) is 0 Å². The molecule has 2 aromatic rings. The number of benzene rings is 1. The molecule has 0 aliphatic carbocycles. The van der Waals surface area contributed by atoms with E-state index in [1.807, 2.05) is 32.0 Å². The number of nitrogens with one attached hydrogen (secondary N) is 1. The van der Waals surface area contributed by atoms with Crippen LogP contribution in [0, 0.1) is 11.3 Å². The van der Waals surface area contributed by atoms with E-state index in [-0.39, 0.29) is 29.7 Å². The maximum Gasteiger partial charge on any atom is 0.262 e. The van der Waals surface area contributed by atoms with Crippen molar-refractivity contribution in [3.8, 4) is 6.07 Å². The summed E-state index contributed by atoms with van der Waals surface area (Å²) in [7, 11) is 0. The van der Waals surface area contributed by atoms with Gasteiger partial charge in [0.1, 0.15) is 0 Å². The first-order valence-corrected chi connectivity index (χ1v) is 8.31. The molecule has 0 aliphatic heterocycles. The Morgan fingerprint density at radius 1 is 1.43 bits per heavy atom. The largest absolute Gasteiger partial charge is 0.354 e. The zero-order chi connectivity index (χ0) is 16.8. The van der Waals surface area contributed by atoms with Crippen LogP contribution in [0.25, 0.3) is 10.9 Å². The van der Waals surface area contributed by atoms with Crippen LogP contribution in [0.5, 0.6) is 0 Å². The standard InChI is InChI=1S/C16H18N4O2S/c1-11(2)20-15(22)12-6-3-4-7-13(12)19-16(20)23-10-14(21)18-9-5-8-17/h3-4,6-7,11H,5,9-10H2,1-2H3,(H,18,21). The van der Waals surface area contributed by atoms with Gasteiger partial charge in [0.05, 0.1) is 29.1 Å². The van der Waals surface area contributed by atoms with E-state index in [0.717, 1.165) is 0 Å². The van der Waals surface area contributed by atoms with Gasteiger partial charge >= 0.3 is 0 Å². The molecular weight excluding hydrogens is 312 g/mol. The monoisotopic (exact) mass is 330 g/mol. The molecule has 1 N–H and O–H groups in total. The van der Waals surface area contributed by atoms with Crippen LogP contribution in [0.4, 0.5) is 0 Å². The fourth-order valence-electron chi connectivity index (χ4n) is 2.12. The first-order chi connectivity index (χ1) is 11.0. The number of hydrogen-bond donors (Lipinski definition) is 1. The van der Waals surface area contributed by atoms with Crippen LogP contribution in [0.15, 0.2) is 34.2 Å². The number of rotatable bonds is 6. The second-order valence-corrected chi connectivity index (χ2v) is 6.17. The fourth-order valence-corrected chi connectivity index (χ4v) is 3.08. The number of fused-ring (bicyclic) bond motifs is 1. The summed E-state index contributed by atoms with van der Waals surface area (Å²) in [6.07, 6.45) is 0.279. The SMILES string of the molecule is CC(C)n1c(SCC(=O)NCCC#N)nc2ccccc2c1=O. The molecule has 1 amide bonds. The van der Waals surface area contributed by atoms with Crippen LogP contribution in [-0.2, 0) is 4.79 Å². The summed E-state index contributed by atoms with van der Waals surface area (Å²) in [5, 5.41) is 12.2. The van der Waals surface area contributed by atoms with Crippen molar-refractivity contribution in [2.75, 3.05) is 12.3 Å². The summed E-state index contributed by atoms with van der Waals surface area (Å²) in [4.78, 5) is 28.9. The highest BCUT2D eigenvalue weighted by Crippen LogP contribution is 2.20. The number of aromatic nitrogens is 2. The second-order valence-electron chi connectivity index (χ2n) is 5.23. The molecule has 1 heterocycles. The number of hydrogen-bond acceptors (Lipinski definition) is 5. The molecule has 23 heavy (non-hydrogen) atoms. The summed E-state index contributed by atoms with van der Waals surface area (Å²) in [6, 6.07) is 9.11. The minimum Gasteiger partial charge on any atom is -0.354 e. The number of thioether (sulfide) groups is 1. The molecule has 120 valence electrons. The van der Waals surface area contributed by atoms with Crippen molar-refractivity contribution in [2.24, 2.45) is 0 Å². The van der Waals surface area contributed by atoms with E-state index < -0.39 is 0 Å². The highest BCUT2D eigenvalue weighted by molar-refractivity contribution is 7.99. The van der Waals surface area contributed by atoms with Crippen molar-refractivity contribution in [3.63, 3.8) is 0 Å². The number of carbonyl (C=O) groups is 1. The predicted molar refractivity (Wildman–Crippen MR) is 90.4 cm³/mol. The summed E-state index contributed by atoms with van der Waals surface area (Å²) >= 11 is 1.23. The van der Waals surface area contributed by atoms with Gasteiger partial charge in [-0.3, -0.25) is 14.2 Å². The Balaban J connectivity index is 2.26. The first kappa shape index (κ1) is 17.0. The Bertz CT molecular complexity index is 808. The van der Waals surface area contributed by atoms with Crippen LogP contribution in [-0.4, -0.2) is 27.8 Å². The average Bonchev–Trinajstić information content (AvgIpc) is 2.53. The fraction of sp³-hybridized carbons (Fsp3) is 0.375. The van der Waals surface area contributed by atoms with Gasteiger partial charge in [-0.1, -0.05) is 23.9 Å². The highest BCUT2D eigenvalue weighted by atomic mass is 32.2. The van der Waals surface area contributed by atoms with Gasteiger partial charge in [0, 0.05) is 12.6 Å². The van der Waals surface area contributed by atoms with Gasteiger partial charge in [0.15, 0.2) is 5.16 Å². The summed E-state index contributed by atoms with van der Waals surface area (Å²) < 4.78 is 1.61. The molecule has 7 heteroatoms. The summed E-state index contributed by atoms with van der Waals surface area (Å²) in [6.45, 7) is 4.15. The number of nitrogens with zero attached hydrogens (tertiary/aromatic N) is 3. The zero-order valence-electron chi connectivity index (χ0n) is 13.1. The lowest BCUT2D eigenvalue weighted by Crippen LogP contribution is -2.28. The van der Waals surface area contributed by atoms with Crippen LogP contribution in [0.1, 0.15) is 26.3 Å². The molecule has 0 saturated heterocycles. The molecule has 0 spiro atoms. The molecule has 6 nitrogen and oxygen atoms in total. The minimum absolute atomic E-state index is 0.0521. The van der Waals surface area contributed by atoms with Gasteiger partial charge in [-0.15, -0.1) is 0 Å². The Hall–Kier alpha value is -2.33. The first-order valence-electron chi connectivity index (χ1n) is 7.32. The van der Waals surface area contributed by atoms with E-state index in [2.05, 4.69) is 10.3 Å². The van der Waals surface area contributed by atoms with Crippen LogP contribution >= 0.6 is 11.8 Å². The van der Waals surface area contributed by atoms with Crippen LogP contribution < -0.4 is 10.9 Å². The number of para-hydroxylation sites is 1. The minimum atomic E-state index is -0.178. The smallest absolute Gasteiger partial charge is 0.262 e. The molecule has 0 aliphatic rings. The molecule has 0 radical (unpaired) electrons. The van der Waals surface area contributed by atoms with Crippen molar-refractivity contribution >= 4 is 28.6 Å². The zero-order valence-corrected chi connectivity index (χ0v) is 13.9. The molecule has 0 bridgehead atoms. The molecule has 2 rings (SSSR count). The van der Waals surface area contributed by atoms with E-state index in [0.29, 0.717) is 22.6 Å². The maximum absolute atomic E-state index is 12.6. The topological polar surface area (TPSA) is 87.8 Å². The van der Waals surface area contributed by atoms with E-state index in [1.165, 1.54) is 11.8 Å². The third-order valence-electron chi connectivity index (χ3n) is 3.18. The Morgan fingerprint density at radius 2 is 2.17 bits per heavy atom. The lowest BCUT2D eigenvalue weighted by Gasteiger charge is -2.15. The molecule has 1 aromatic heterocycles. The number of nitriles is 1. The van der Waals surface area contributed by atoms with Crippen molar-refractivity contribution < 1.29 is 4.79 Å². The Labute approximate surface area is 138 Å². The highest BCUT2D eigenvalue weighted by Gasteiger charge is 2.14. The Morgan fingerprint density at radius 3 is 2.87 bits per heavy atom. The molecule has 0 unspecified atom stereocenters. The quantitative estimate of drug-likeness (QED) is 0.498. The van der Waals surface area contributed by atoms with Crippen molar-refractivity contribution in [3.05, 3.63) is 34.6 Å². The van der Waals surface area contributed by atoms with E-state index in [1.54, 1.807) is 16.7 Å². The van der Waals surface area contributed by atoms with E-state index in [9.17, 15) is 9.59 Å². The number of carbonyl (C=O) groups excluding carboxylic acids is 1. The van der Waals surface area contributed by atoms with Gasteiger partial charge in [-0.25, -0.2) is 4.98 Å². The van der Waals surface area contributed by atoms with Crippen molar-refractivity contribution in [1.29, 1.82) is 5.26 Å². The maximum atomic E-state index is 12.6. The van der Waals surface area contributed by atoms with E-state index >= 15 is 0 Å². The Kier molecular flexibility index (Phi) is 5.77. The molecule has 1 aromatic carbocycles. The van der Waals surface area contributed by atoms with Crippen molar-refractivity contribution in [1.82, 2.24) is 14.9 Å².